The lowest BCUT2D eigenvalue weighted by Gasteiger charge is -2.28. The van der Waals surface area contributed by atoms with Crippen LogP contribution < -0.4 is 10.2 Å². The molecule has 4 aromatic rings. The number of carbonyl (C=O) groups is 1. The van der Waals surface area contributed by atoms with Crippen LogP contribution in [-0.2, 0) is 16.1 Å². The molecule has 0 spiro atoms. The van der Waals surface area contributed by atoms with Crippen LogP contribution >= 0.6 is 11.8 Å². The van der Waals surface area contributed by atoms with Crippen molar-refractivity contribution in [1.29, 1.82) is 0 Å². The lowest BCUT2D eigenvalue weighted by Crippen LogP contribution is -2.37. The predicted octanol–water partition coefficient (Wildman–Crippen LogP) is 4.11. The van der Waals surface area contributed by atoms with Crippen LogP contribution in [0.2, 0.25) is 0 Å². The first-order chi connectivity index (χ1) is 18.1. The van der Waals surface area contributed by atoms with Gasteiger partial charge in [-0.1, -0.05) is 86.3 Å². The molecule has 1 N–H and O–H groups in total. The van der Waals surface area contributed by atoms with Crippen molar-refractivity contribution >= 4 is 34.5 Å². The third-order valence-corrected chi connectivity index (χ3v) is 7.12. The number of amides is 1. The minimum atomic E-state index is -0.374. The molecule has 1 saturated heterocycles. The summed E-state index contributed by atoms with van der Waals surface area (Å²) < 4.78 is 7.41. The van der Waals surface area contributed by atoms with Crippen molar-refractivity contribution < 1.29 is 9.53 Å². The van der Waals surface area contributed by atoms with E-state index in [2.05, 4.69) is 29.2 Å². The van der Waals surface area contributed by atoms with Crippen LogP contribution in [0.5, 0.6) is 0 Å². The highest BCUT2D eigenvalue weighted by Crippen LogP contribution is 2.29. The molecule has 5 rings (SSSR count). The summed E-state index contributed by atoms with van der Waals surface area (Å²) in [5, 5.41) is 9.78. The van der Waals surface area contributed by atoms with Crippen LogP contribution in [0.15, 0.2) is 72.0 Å². The van der Waals surface area contributed by atoms with Crippen LogP contribution in [0.3, 0.4) is 0 Å². The summed E-state index contributed by atoms with van der Waals surface area (Å²) in [5.74, 6) is 0.495. The Morgan fingerprint density at radius 1 is 1.00 bits per heavy atom. The number of nitrogens with zero attached hydrogens (tertiary/aromatic N) is 5. The molecular weight excluding hydrogens is 484 g/mol. The first kappa shape index (κ1) is 25.2. The Kier molecular flexibility index (Phi) is 8.01. The molecule has 0 saturated carbocycles. The van der Waals surface area contributed by atoms with Crippen LogP contribution in [-0.4, -0.2) is 63.8 Å². The monoisotopic (exact) mass is 516 g/mol. The molecule has 1 amide bonds. The third kappa shape index (κ3) is 5.94. The summed E-state index contributed by atoms with van der Waals surface area (Å²) >= 11 is 1.64. The Morgan fingerprint density at radius 3 is 2.27 bits per heavy atom. The number of benzene rings is 2. The molecule has 192 valence electrons. The summed E-state index contributed by atoms with van der Waals surface area (Å²) in [6, 6.07) is 19.8. The van der Waals surface area contributed by atoms with Crippen LogP contribution in [0.1, 0.15) is 30.9 Å². The molecular formula is C28H32N6O2S. The van der Waals surface area contributed by atoms with Gasteiger partial charge in [0, 0.05) is 24.9 Å². The van der Waals surface area contributed by atoms with E-state index in [9.17, 15) is 4.79 Å². The molecule has 2 aromatic carbocycles. The number of nitrogens with one attached hydrogen (secondary N) is 1. The summed E-state index contributed by atoms with van der Waals surface area (Å²) in [6.07, 6.45) is 1.84. The maximum Gasteiger partial charge on any atom is 0.232 e. The van der Waals surface area contributed by atoms with E-state index in [4.69, 9.17) is 14.7 Å². The molecule has 0 atom stereocenters. The lowest BCUT2D eigenvalue weighted by atomic mass is 9.90. The van der Waals surface area contributed by atoms with Gasteiger partial charge in [0.05, 0.1) is 37.3 Å². The molecule has 1 fully saturated rings. The first-order valence-corrected chi connectivity index (χ1v) is 13.6. The number of rotatable bonds is 9. The van der Waals surface area contributed by atoms with Gasteiger partial charge in [-0.2, -0.15) is 5.10 Å². The van der Waals surface area contributed by atoms with Crippen molar-refractivity contribution in [3.8, 4) is 0 Å². The van der Waals surface area contributed by atoms with Gasteiger partial charge in [0.1, 0.15) is 5.82 Å². The van der Waals surface area contributed by atoms with Crippen molar-refractivity contribution in [2.24, 2.45) is 0 Å². The lowest BCUT2D eigenvalue weighted by molar-refractivity contribution is -0.121. The number of morpholine rings is 1. The quantitative estimate of drug-likeness (QED) is 0.265. The molecule has 0 aliphatic carbocycles. The molecule has 9 heteroatoms. The highest BCUT2D eigenvalue weighted by Gasteiger charge is 2.23. The van der Waals surface area contributed by atoms with Crippen molar-refractivity contribution in [3.05, 3.63) is 78.0 Å². The number of carbonyl (C=O) groups excluding carboxylic acids is 1. The average molecular weight is 517 g/mol. The highest BCUT2D eigenvalue weighted by molar-refractivity contribution is 7.99. The summed E-state index contributed by atoms with van der Waals surface area (Å²) in [5.41, 5.74) is 2.72. The van der Waals surface area contributed by atoms with Crippen LogP contribution in [0.4, 0.5) is 5.82 Å². The molecule has 1 aliphatic rings. The van der Waals surface area contributed by atoms with E-state index in [1.807, 2.05) is 71.5 Å². The van der Waals surface area contributed by atoms with Gasteiger partial charge < -0.3 is 15.0 Å². The predicted molar refractivity (Wildman–Crippen MR) is 147 cm³/mol. The maximum absolute atomic E-state index is 13.4. The Morgan fingerprint density at radius 2 is 1.65 bits per heavy atom. The normalized spacial score (nSPS) is 14.0. The minimum absolute atomic E-state index is 0.0338. The summed E-state index contributed by atoms with van der Waals surface area (Å²) in [4.78, 5) is 25.3. The van der Waals surface area contributed by atoms with E-state index < -0.39 is 0 Å². The standard InChI is InChI=1S/C28H32N6O2S/c1-20(2)37-28-31-25(33-15-17-36-18-16-33)23-19-30-34(26(23)32-28)14-13-29-27(35)24(21-9-5-3-6-10-21)22-11-7-4-8-12-22/h3-12,19-20,24H,13-18H2,1-2H3,(H,29,35). The van der Waals surface area contributed by atoms with Gasteiger partial charge in [-0.15, -0.1) is 0 Å². The number of hydrogen-bond donors (Lipinski definition) is 1. The molecule has 8 nitrogen and oxygen atoms in total. The van der Waals surface area contributed by atoms with Gasteiger partial charge in [0.25, 0.3) is 0 Å². The fourth-order valence-corrected chi connectivity index (χ4v) is 5.24. The first-order valence-electron chi connectivity index (χ1n) is 12.7. The van der Waals surface area contributed by atoms with E-state index in [1.165, 1.54) is 0 Å². The molecule has 0 radical (unpaired) electrons. The van der Waals surface area contributed by atoms with E-state index in [1.54, 1.807) is 11.8 Å². The molecule has 1 aliphatic heterocycles. The molecule has 0 unspecified atom stereocenters. The average Bonchev–Trinajstić information content (AvgIpc) is 3.32. The summed E-state index contributed by atoms with van der Waals surface area (Å²) in [6.45, 7) is 8.17. The number of thioether (sulfide) groups is 1. The number of ether oxygens (including phenoxy) is 1. The fourth-order valence-electron chi connectivity index (χ4n) is 4.54. The van der Waals surface area contributed by atoms with Gasteiger partial charge in [-0.25, -0.2) is 14.6 Å². The van der Waals surface area contributed by atoms with Crippen molar-refractivity contribution in [3.63, 3.8) is 0 Å². The zero-order chi connectivity index (χ0) is 25.6. The van der Waals surface area contributed by atoms with Gasteiger partial charge in [-0.05, 0) is 11.1 Å². The van der Waals surface area contributed by atoms with Crippen molar-refractivity contribution in [1.82, 2.24) is 25.1 Å². The third-order valence-electron chi connectivity index (χ3n) is 6.26. The smallest absolute Gasteiger partial charge is 0.232 e. The largest absolute Gasteiger partial charge is 0.378 e. The fraction of sp³-hybridized carbons (Fsp3) is 0.357. The van der Waals surface area contributed by atoms with Gasteiger partial charge >= 0.3 is 0 Å². The Bertz CT molecular complexity index is 1280. The topological polar surface area (TPSA) is 85.2 Å². The van der Waals surface area contributed by atoms with Crippen molar-refractivity contribution in [2.45, 2.75) is 36.7 Å². The van der Waals surface area contributed by atoms with Crippen LogP contribution in [0, 0.1) is 0 Å². The van der Waals surface area contributed by atoms with Crippen LogP contribution in [0.25, 0.3) is 11.0 Å². The zero-order valence-electron chi connectivity index (χ0n) is 21.2. The second-order valence-electron chi connectivity index (χ2n) is 9.25. The second kappa shape index (κ2) is 11.7. The number of aromatic nitrogens is 4. The molecule has 2 aromatic heterocycles. The Labute approximate surface area is 221 Å². The number of anilines is 1. The Balaban J connectivity index is 1.36. The van der Waals surface area contributed by atoms with E-state index in [-0.39, 0.29) is 11.8 Å². The summed E-state index contributed by atoms with van der Waals surface area (Å²) in [7, 11) is 0. The number of fused-ring (bicyclic) bond motifs is 1. The zero-order valence-corrected chi connectivity index (χ0v) is 22.0. The van der Waals surface area contributed by atoms with Gasteiger partial charge in [0.15, 0.2) is 10.8 Å². The highest BCUT2D eigenvalue weighted by atomic mass is 32.2. The van der Waals surface area contributed by atoms with E-state index >= 15 is 0 Å². The molecule has 0 bridgehead atoms. The number of hydrogen-bond acceptors (Lipinski definition) is 7. The van der Waals surface area contributed by atoms with Crippen molar-refractivity contribution in [2.75, 3.05) is 37.7 Å². The van der Waals surface area contributed by atoms with Gasteiger partial charge in [0.2, 0.25) is 5.91 Å². The molecule has 3 heterocycles. The van der Waals surface area contributed by atoms with E-state index in [0.29, 0.717) is 31.6 Å². The Hall–Kier alpha value is -3.43. The van der Waals surface area contributed by atoms with E-state index in [0.717, 1.165) is 46.2 Å². The minimum Gasteiger partial charge on any atom is -0.378 e. The molecule has 37 heavy (non-hydrogen) atoms. The van der Waals surface area contributed by atoms with Gasteiger partial charge in [-0.3, -0.25) is 4.79 Å². The maximum atomic E-state index is 13.4. The second-order valence-corrected chi connectivity index (χ2v) is 10.8. The SMILES string of the molecule is CC(C)Sc1nc(N2CCOCC2)c2cnn(CCNC(=O)C(c3ccccc3)c3ccccc3)c2n1.